The van der Waals surface area contributed by atoms with E-state index in [1.165, 1.54) is 12.0 Å². The lowest BCUT2D eigenvalue weighted by atomic mass is 10.2. The maximum atomic E-state index is 5.88. The van der Waals surface area contributed by atoms with Crippen molar-refractivity contribution < 1.29 is 4.42 Å². The van der Waals surface area contributed by atoms with Crippen molar-refractivity contribution in [2.45, 2.75) is 33.4 Å². The summed E-state index contributed by atoms with van der Waals surface area (Å²) in [4.78, 5) is 4.85. The van der Waals surface area contributed by atoms with Gasteiger partial charge in [0.2, 0.25) is 0 Å². The zero-order valence-electron chi connectivity index (χ0n) is 12.5. The van der Waals surface area contributed by atoms with Crippen LogP contribution in [0.2, 0.25) is 0 Å². The van der Waals surface area contributed by atoms with Crippen LogP contribution in [0.5, 0.6) is 0 Å². The molecule has 1 aliphatic heterocycles. The van der Waals surface area contributed by atoms with Crippen LogP contribution in [0.4, 0.5) is 0 Å². The van der Waals surface area contributed by atoms with E-state index in [1.807, 2.05) is 0 Å². The number of likely N-dealkylation sites (N-methyl/N-ethyl adjacent to an activating group) is 1. The van der Waals surface area contributed by atoms with Crippen LogP contribution in [0, 0.1) is 6.92 Å². The monoisotopic (exact) mass is 265 g/mol. The summed E-state index contributed by atoms with van der Waals surface area (Å²) in [5.41, 5.74) is 1.30. The molecule has 0 spiro atoms. The summed E-state index contributed by atoms with van der Waals surface area (Å²) in [7, 11) is 2.19. The van der Waals surface area contributed by atoms with Gasteiger partial charge in [0.1, 0.15) is 11.5 Å². The fraction of sp³-hybridized carbons (Fsp3) is 0.733. The first kappa shape index (κ1) is 14.6. The van der Waals surface area contributed by atoms with Crippen LogP contribution in [-0.4, -0.2) is 49.6 Å². The fourth-order valence-electron chi connectivity index (χ4n) is 2.47. The van der Waals surface area contributed by atoms with Gasteiger partial charge >= 0.3 is 0 Å². The quantitative estimate of drug-likeness (QED) is 0.795. The van der Waals surface area contributed by atoms with Crippen LogP contribution in [0.25, 0.3) is 0 Å². The Kier molecular flexibility index (Phi) is 5.43. The first-order valence-electron chi connectivity index (χ1n) is 7.39. The minimum Gasteiger partial charge on any atom is -0.465 e. The number of hydrogen-bond acceptors (Lipinski definition) is 4. The molecular formula is C15H27N3O. The second-order valence-corrected chi connectivity index (χ2v) is 5.55. The van der Waals surface area contributed by atoms with E-state index in [0.717, 1.165) is 57.3 Å². The van der Waals surface area contributed by atoms with Gasteiger partial charge in [0.25, 0.3) is 0 Å². The molecule has 0 bridgehead atoms. The number of aryl methyl sites for hydroxylation is 1. The lowest BCUT2D eigenvalue weighted by molar-refractivity contribution is 0.140. The molecular weight excluding hydrogens is 238 g/mol. The Morgan fingerprint density at radius 2 is 2.00 bits per heavy atom. The summed E-state index contributed by atoms with van der Waals surface area (Å²) in [6, 6.07) is 2.22. The van der Waals surface area contributed by atoms with Gasteiger partial charge in [-0.1, -0.05) is 6.92 Å². The molecule has 0 aromatic carbocycles. The van der Waals surface area contributed by atoms with E-state index in [9.17, 15) is 0 Å². The molecule has 2 heterocycles. The van der Waals surface area contributed by atoms with Crippen molar-refractivity contribution in [2.75, 3.05) is 39.8 Å². The first-order valence-corrected chi connectivity index (χ1v) is 7.39. The third kappa shape index (κ3) is 4.34. The molecule has 4 nitrogen and oxygen atoms in total. The van der Waals surface area contributed by atoms with Crippen molar-refractivity contribution in [1.82, 2.24) is 15.1 Å². The average Bonchev–Trinajstić information content (AvgIpc) is 2.73. The summed E-state index contributed by atoms with van der Waals surface area (Å²) < 4.78 is 5.88. The molecule has 2 rings (SSSR count). The highest BCUT2D eigenvalue weighted by molar-refractivity contribution is 5.20. The second-order valence-electron chi connectivity index (χ2n) is 5.55. The van der Waals surface area contributed by atoms with E-state index in [0.29, 0.717) is 0 Å². The Labute approximate surface area is 116 Å². The predicted octanol–water partition coefficient (Wildman–Crippen LogP) is 1.84. The topological polar surface area (TPSA) is 31.6 Å². The number of furan rings is 1. The molecule has 1 fully saturated rings. The minimum atomic E-state index is 0.923. The number of nitrogens with zero attached hydrogens (tertiary/aromatic N) is 2. The number of piperazine rings is 1. The van der Waals surface area contributed by atoms with E-state index in [-0.39, 0.29) is 0 Å². The van der Waals surface area contributed by atoms with E-state index >= 15 is 0 Å². The maximum Gasteiger partial charge on any atom is 0.118 e. The Morgan fingerprint density at radius 1 is 1.26 bits per heavy atom. The summed E-state index contributed by atoms with van der Waals surface area (Å²) in [5, 5.41) is 3.43. The Hall–Kier alpha value is -0.840. The minimum absolute atomic E-state index is 0.923. The molecule has 0 amide bonds. The van der Waals surface area contributed by atoms with Crippen molar-refractivity contribution in [3.8, 4) is 0 Å². The van der Waals surface area contributed by atoms with Gasteiger partial charge in [-0.15, -0.1) is 0 Å². The SMILES string of the molecule is CCCNCc1cc(CN2CCN(C)CC2)oc1C. The average molecular weight is 265 g/mol. The first-order chi connectivity index (χ1) is 9.19. The van der Waals surface area contributed by atoms with Gasteiger partial charge in [-0.05, 0) is 33.0 Å². The van der Waals surface area contributed by atoms with Crippen molar-refractivity contribution in [3.63, 3.8) is 0 Å². The lowest BCUT2D eigenvalue weighted by Crippen LogP contribution is -2.43. The zero-order chi connectivity index (χ0) is 13.7. The van der Waals surface area contributed by atoms with Crippen molar-refractivity contribution in [2.24, 2.45) is 0 Å². The van der Waals surface area contributed by atoms with Gasteiger partial charge in [-0.2, -0.15) is 0 Å². The van der Waals surface area contributed by atoms with Gasteiger partial charge in [-0.25, -0.2) is 0 Å². The van der Waals surface area contributed by atoms with E-state index < -0.39 is 0 Å². The smallest absolute Gasteiger partial charge is 0.118 e. The summed E-state index contributed by atoms with van der Waals surface area (Å²) >= 11 is 0. The van der Waals surface area contributed by atoms with Crippen LogP contribution >= 0.6 is 0 Å². The van der Waals surface area contributed by atoms with Crippen LogP contribution < -0.4 is 5.32 Å². The summed E-state index contributed by atoms with van der Waals surface area (Å²) in [6.07, 6.45) is 1.17. The van der Waals surface area contributed by atoms with E-state index in [4.69, 9.17) is 4.42 Å². The number of hydrogen-bond donors (Lipinski definition) is 1. The highest BCUT2D eigenvalue weighted by Gasteiger charge is 2.16. The summed E-state index contributed by atoms with van der Waals surface area (Å²) in [6.45, 7) is 11.8. The molecule has 19 heavy (non-hydrogen) atoms. The molecule has 1 N–H and O–H groups in total. The van der Waals surface area contributed by atoms with Crippen LogP contribution in [0.3, 0.4) is 0 Å². The third-order valence-electron chi connectivity index (χ3n) is 3.79. The molecule has 0 atom stereocenters. The van der Waals surface area contributed by atoms with Crippen LogP contribution in [0.1, 0.15) is 30.4 Å². The van der Waals surface area contributed by atoms with Gasteiger partial charge in [-0.3, -0.25) is 4.90 Å². The van der Waals surface area contributed by atoms with E-state index in [1.54, 1.807) is 0 Å². The van der Waals surface area contributed by atoms with E-state index in [2.05, 4.69) is 42.1 Å². The van der Waals surface area contributed by atoms with Gasteiger partial charge < -0.3 is 14.6 Å². The molecule has 0 unspecified atom stereocenters. The van der Waals surface area contributed by atoms with Crippen molar-refractivity contribution >= 4 is 0 Å². The van der Waals surface area contributed by atoms with Crippen molar-refractivity contribution in [1.29, 1.82) is 0 Å². The largest absolute Gasteiger partial charge is 0.465 e. The standard InChI is InChI=1S/C15H27N3O/c1-4-5-16-11-14-10-15(19-13(14)2)12-18-8-6-17(3)7-9-18/h10,16H,4-9,11-12H2,1-3H3. The molecule has 1 aliphatic rings. The Bertz CT molecular complexity index is 381. The number of rotatable bonds is 6. The molecule has 108 valence electrons. The Balaban J connectivity index is 1.85. The van der Waals surface area contributed by atoms with Crippen LogP contribution in [-0.2, 0) is 13.1 Å². The molecule has 0 radical (unpaired) electrons. The third-order valence-corrected chi connectivity index (χ3v) is 3.79. The lowest BCUT2D eigenvalue weighted by Gasteiger charge is -2.31. The highest BCUT2D eigenvalue weighted by Crippen LogP contribution is 2.17. The van der Waals surface area contributed by atoms with Gasteiger partial charge in [0, 0.05) is 38.3 Å². The van der Waals surface area contributed by atoms with Crippen LogP contribution in [0.15, 0.2) is 10.5 Å². The van der Waals surface area contributed by atoms with Gasteiger partial charge in [0.15, 0.2) is 0 Å². The molecule has 1 aromatic heterocycles. The molecule has 0 saturated carbocycles. The molecule has 0 aliphatic carbocycles. The molecule has 4 heteroatoms. The number of nitrogens with one attached hydrogen (secondary N) is 1. The molecule has 1 aromatic rings. The zero-order valence-corrected chi connectivity index (χ0v) is 12.5. The van der Waals surface area contributed by atoms with Crippen molar-refractivity contribution in [3.05, 3.63) is 23.2 Å². The maximum absolute atomic E-state index is 5.88. The normalized spacial score (nSPS) is 18.1. The predicted molar refractivity (Wildman–Crippen MR) is 78.2 cm³/mol. The Morgan fingerprint density at radius 3 is 2.68 bits per heavy atom. The second kappa shape index (κ2) is 7.08. The van der Waals surface area contributed by atoms with Gasteiger partial charge in [0.05, 0.1) is 6.54 Å². The summed E-state index contributed by atoms with van der Waals surface area (Å²) in [5.74, 6) is 2.17. The highest BCUT2D eigenvalue weighted by atomic mass is 16.3. The molecule has 1 saturated heterocycles. The fourth-order valence-corrected chi connectivity index (χ4v) is 2.47.